The molecule has 0 aliphatic heterocycles. The first-order valence-electron chi connectivity index (χ1n) is 18.8. The lowest BCUT2D eigenvalue weighted by molar-refractivity contribution is 1.07. The Balaban J connectivity index is 1.11. The Morgan fingerprint density at radius 3 is 1.62 bits per heavy atom. The zero-order valence-electron chi connectivity index (χ0n) is 30.2. The van der Waals surface area contributed by atoms with Crippen molar-refractivity contribution in [3.63, 3.8) is 0 Å². The third kappa shape index (κ3) is 5.48. The molecule has 11 aromatic rings. The zero-order chi connectivity index (χ0) is 37.0. The van der Waals surface area contributed by atoms with Gasteiger partial charge >= 0.3 is 0 Å². The summed E-state index contributed by atoms with van der Waals surface area (Å²) in [5, 5.41) is 5.02. The lowest BCUT2D eigenvalue weighted by Gasteiger charge is -2.11. The second-order valence-electron chi connectivity index (χ2n) is 14.0. The molecular formula is C51H32N4S. The molecule has 3 heterocycles. The highest BCUT2D eigenvalue weighted by molar-refractivity contribution is 7.25. The fourth-order valence-corrected chi connectivity index (χ4v) is 9.10. The van der Waals surface area contributed by atoms with E-state index in [0.29, 0.717) is 17.5 Å². The maximum absolute atomic E-state index is 5.05. The third-order valence-corrected chi connectivity index (χ3v) is 11.8. The van der Waals surface area contributed by atoms with Crippen LogP contribution in [0.1, 0.15) is 0 Å². The topological polar surface area (TPSA) is 43.6 Å². The zero-order valence-corrected chi connectivity index (χ0v) is 31.0. The van der Waals surface area contributed by atoms with Gasteiger partial charge in [0.05, 0.1) is 11.0 Å². The van der Waals surface area contributed by atoms with Crippen LogP contribution < -0.4 is 0 Å². The first-order chi connectivity index (χ1) is 27.7. The van der Waals surface area contributed by atoms with Crippen molar-refractivity contribution in [2.24, 2.45) is 0 Å². The molecule has 0 bridgehead atoms. The standard InChI is InChI=1S/C51H32N4S/c1-4-14-33(15-5-1)49-52-50(34-16-6-2-7-17-34)54-51(53-49)38-19-12-18-37(30-38)40-23-13-24-45-48(40)43-32-35(26-28-44(43)55(45)39-20-8-3-9-21-39)36-27-29-47-42(31-36)41-22-10-11-25-46(41)56-47/h1-32H. The Morgan fingerprint density at radius 2 is 0.893 bits per heavy atom. The Hall–Kier alpha value is -7.21. The largest absolute Gasteiger partial charge is 0.309 e. The molecular weight excluding hydrogens is 701 g/mol. The molecule has 5 heteroatoms. The SMILES string of the molecule is c1ccc(-c2nc(-c3ccccc3)nc(-c3cccc(-c4cccc5c4c4cc(-c6ccc7sc8ccccc8c7c6)ccc4n5-c4ccccc4)c3)n2)cc1. The maximum Gasteiger partial charge on any atom is 0.164 e. The number of hydrogen-bond donors (Lipinski definition) is 0. The molecule has 0 aliphatic rings. The normalized spacial score (nSPS) is 11.6. The van der Waals surface area contributed by atoms with Crippen LogP contribution in [0.5, 0.6) is 0 Å². The predicted molar refractivity (Wildman–Crippen MR) is 234 cm³/mol. The van der Waals surface area contributed by atoms with Gasteiger partial charge in [-0.15, -0.1) is 11.3 Å². The summed E-state index contributed by atoms with van der Waals surface area (Å²) >= 11 is 1.85. The van der Waals surface area contributed by atoms with Gasteiger partial charge in [-0.3, -0.25) is 0 Å². The van der Waals surface area contributed by atoms with Gasteiger partial charge in [0.1, 0.15) is 0 Å². The number of rotatable bonds is 6. The minimum absolute atomic E-state index is 0.636. The fraction of sp³-hybridized carbons (Fsp3) is 0. The van der Waals surface area contributed by atoms with Crippen molar-refractivity contribution in [3.8, 4) is 62.1 Å². The fourth-order valence-electron chi connectivity index (χ4n) is 8.02. The van der Waals surface area contributed by atoms with Gasteiger partial charge in [0.25, 0.3) is 0 Å². The van der Waals surface area contributed by atoms with E-state index in [4.69, 9.17) is 15.0 Å². The average molecular weight is 733 g/mol. The van der Waals surface area contributed by atoms with E-state index in [1.807, 2.05) is 72.0 Å². The first kappa shape index (κ1) is 32.2. The van der Waals surface area contributed by atoms with E-state index in [1.165, 1.54) is 42.1 Å². The molecule has 0 saturated heterocycles. The number of benzene rings is 8. The minimum Gasteiger partial charge on any atom is -0.309 e. The molecule has 0 fully saturated rings. The summed E-state index contributed by atoms with van der Waals surface area (Å²) in [4.78, 5) is 15.0. The van der Waals surface area contributed by atoms with Crippen molar-refractivity contribution in [1.29, 1.82) is 0 Å². The number of thiophene rings is 1. The van der Waals surface area contributed by atoms with Crippen molar-refractivity contribution in [2.45, 2.75) is 0 Å². The Morgan fingerprint density at radius 1 is 0.339 bits per heavy atom. The van der Waals surface area contributed by atoms with Gasteiger partial charge in [-0.2, -0.15) is 0 Å². The van der Waals surface area contributed by atoms with Crippen molar-refractivity contribution >= 4 is 53.3 Å². The summed E-state index contributed by atoms with van der Waals surface area (Å²) in [6.07, 6.45) is 0. The summed E-state index contributed by atoms with van der Waals surface area (Å²) in [5.74, 6) is 1.93. The Labute approximate surface area is 327 Å². The van der Waals surface area contributed by atoms with Crippen molar-refractivity contribution in [2.75, 3.05) is 0 Å². The second-order valence-corrected chi connectivity index (χ2v) is 15.1. The smallest absolute Gasteiger partial charge is 0.164 e. The van der Waals surface area contributed by atoms with Gasteiger partial charge in [-0.05, 0) is 76.9 Å². The van der Waals surface area contributed by atoms with Crippen molar-refractivity contribution in [1.82, 2.24) is 19.5 Å². The quantitative estimate of drug-likeness (QED) is 0.171. The van der Waals surface area contributed by atoms with Crippen LogP contribution in [0.3, 0.4) is 0 Å². The summed E-state index contributed by atoms with van der Waals surface area (Å²) in [7, 11) is 0. The number of nitrogens with zero attached hydrogens (tertiary/aromatic N) is 4. The highest BCUT2D eigenvalue weighted by atomic mass is 32.1. The first-order valence-corrected chi connectivity index (χ1v) is 19.6. The van der Waals surface area contributed by atoms with Crippen LogP contribution in [-0.4, -0.2) is 19.5 Å². The highest BCUT2D eigenvalue weighted by Crippen LogP contribution is 2.42. The summed E-state index contributed by atoms with van der Waals surface area (Å²) < 4.78 is 5.02. The minimum atomic E-state index is 0.636. The summed E-state index contributed by atoms with van der Waals surface area (Å²) in [6, 6.07) is 68.7. The molecule has 0 saturated carbocycles. The van der Waals surface area contributed by atoms with Gasteiger partial charge in [0.15, 0.2) is 17.5 Å². The second kappa shape index (κ2) is 13.3. The van der Waals surface area contributed by atoms with E-state index < -0.39 is 0 Å². The van der Waals surface area contributed by atoms with E-state index in [0.717, 1.165) is 44.5 Å². The molecule has 0 amide bonds. The van der Waals surface area contributed by atoms with Crippen LogP contribution >= 0.6 is 11.3 Å². The van der Waals surface area contributed by atoms with E-state index in [9.17, 15) is 0 Å². The van der Waals surface area contributed by atoms with E-state index >= 15 is 0 Å². The van der Waals surface area contributed by atoms with Crippen LogP contribution in [0.25, 0.3) is 104 Å². The maximum atomic E-state index is 5.05. The number of para-hydroxylation sites is 1. The molecule has 0 radical (unpaired) electrons. The molecule has 0 N–H and O–H groups in total. The third-order valence-electron chi connectivity index (χ3n) is 10.6. The molecule has 0 spiro atoms. The number of aromatic nitrogens is 4. The lowest BCUT2D eigenvalue weighted by Crippen LogP contribution is -2.00. The molecule has 0 aliphatic carbocycles. The van der Waals surface area contributed by atoms with Crippen LogP contribution in [0.2, 0.25) is 0 Å². The van der Waals surface area contributed by atoms with Gasteiger partial charge < -0.3 is 4.57 Å². The molecule has 8 aromatic carbocycles. The predicted octanol–water partition coefficient (Wildman–Crippen LogP) is 13.7. The Kier molecular flexibility index (Phi) is 7.64. The molecule has 11 rings (SSSR count). The molecule has 3 aromatic heterocycles. The average Bonchev–Trinajstić information content (AvgIpc) is 3.82. The molecule has 56 heavy (non-hydrogen) atoms. The Bertz CT molecular complexity index is 3180. The van der Waals surface area contributed by atoms with Crippen LogP contribution in [0.4, 0.5) is 0 Å². The van der Waals surface area contributed by atoms with Crippen LogP contribution in [0.15, 0.2) is 194 Å². The molecule has 0 atom stereocenters. The number of fused-ring (bicyclic) bond motifs is 6. The van der Waals surface area contributed by atoms with Crippen LogP contribution in [-0.2, 0) is 0 Å². The van der Waals surface area contributed by atoms with E-state index in [2.05, 4.69) is 138 Å². The van der Waals surface area contributed by atoms with Crippen LogP contribution in [0, 0.1) is 0 Å². The molecule has 4 nitrogen and oxygen atoms in total. The highest BCUT2D eigenvalue weighted by Gasteiger charge is 2.19. The van der Waals surface area contributed by atoms with E-state index in [-0.39, 0.29) is 0 Å². The molecule has 0 unspecified atom stereocenters. The van der Waals surface area contributed by atoms with Crippen molar-refractivity contribution < 1.29 is 0 Å². The summed E-state index contributed by atoms with van der Waals surface area (Å²) in [5.41, 5.74) is 10.9. The molecule has 262 valence electrons. The van der Waals surface area contributed by atoms with Gasteiger partial charge in [0.2, 0.25) is 0 Å². The lowest BCUT2D eigenvalue weighted by atomic mass is 9.96. The van der Waals surface area contributed by atoms with Gasteiger partial charge in [-0.25, -0.2) is 15.0 Å². The number of hydrogen-bond acceptors (Lipinski definition) is 4. The van der Waals surface area contributed by atoms with Crippen molar-refractivity contribution in [3.05, 3.63) is 194 Å². The summed E-state index contributed by atoms with van der Waals surface area (Å²) in [6.45, 7) is 0. The monoisotopic (exact) mass is 732 g/mol. The van der Waals surface area contributed by atoms with Gasteiger partial charge in [-0.1, -0.05) is 140 Å². The van der Waals surface area contributed by atoms with E-state index in [1.54, 1.807) is 0 Å². The van der Waals surface area contributed by atoms with Gasteiger partial charge in [0, 0.05) is 53.3 Å².